The molecule has 0 bridgehead atoms. The van der Waals surface area contributed by atoms with Gasteiger partial charge in [0.2, 0.25) is 11.9 Å². The summed E-state index contributed by atoms with van der Waals surface area (Å²) in [5, 5.41) is 10.7. The lowest BCUT2D eigenvalue weighted by atomic mass is 10.1. The number of carbonyl (C=O) groups is 1. The molecule has 3 aromatic rings. The molecule has 2 heterocycles. The zero-order valence-electron chi connectivity index (χ0n) is 17.6. The lowest BCUT2D eigenvalue weighted by molar-refractivity contribution is -0.141. The summed E-state index contributed by atoms with van der Waals surface area (Å²) in [6.07, 6.45) is -8.10. The molecular formula is C20H17F6N7O. The second-order valence-corrected chi connectivity index (χ2v) is 6.98. The molecule has 0 aliphatic heterocycles. The minimum Gasteiger partial charge on any atom is -0.338 e. The van der Waals surface area contributed by atoms with Gasteiger partial charge in [0.1, 0.15) is 17.2 Å². The number of amides is 1. The normalized spacial score (nSPS) is 11.8. The Morgan fingerprint density at radius 2 is 1.76 bits per heavy atom. The van der Waals surface area contributed by atoms with Crippen LogP contribution in [0.2, 0.25) is 0 Å². The van der Waals surface area contributed by atoms with E-state index in [2.05, 4.69) is 37.6 Å². The molecule has 0 aliphatic rings. The van der Waals surface area contributed by atoms with Gasteiger partial charge in [-0.2, -0.15) is 36.4 Å². The van der Waals surface area contributed by atoms with Crippen molar-refractivity contribution in [3.05, 3.63) is 59.9 Å². The van der Waals surface area contributed by atoms with Gasteiger partial charge in [0.15, 0.2) is 5.69 Å². The molecule has 180 valence electrons. The van der Waals surface area contributed by atoms with Crippen molar-refractivity contribution in [1.82, 2.24) is 19.7 Å². The van der Waals surface area contributed by atoms with E-state index in [1.54, 1.807) is 13.0 Å². The minimum absolute atomic E-state index is 0.0795. The third-order valence-corrected chi connectivity index (χ3v) is 4.38. The van der Waals surface area contributed by atoms with E-state index in [4.69, 9.17) is 0 Å². The molecule has 2 aromatic heterocycles. The number of nitrogens with zero attached hydrogens (tertiary/aromatic N) is 4. The summed E-state index contributed by atoms with van der Waals surface area (Å²) in [7, 11) is 1.21. The van der Waals surface area contributed by atoms with Crippen LogP contribution in [0.4, 0.5) is 55.3 Å². The number of aromatic nitrogens is 4. The number of rotatable bonds is 6. The zero-order chi connectivity index (χ0) is 25.3. The Bertz CT molecular complexity index is 1230. The maximum Gasteiger partial charge on any atom is 0.435 e. The SMILES string of the molecule is C=CC(=O)Nc1cc(C)ccc1Nc1nc(Nc2cc(C(F)(F)F)nn2C)ncc1C(F)(F)F. The minimum atomic E-state index is -4.86. The van der Waals surface area contributed by atoms with Crippen LogP contribution < -0.4 is 16.0 Å². The van der Waals surface area contributed by atoms with Gasteiger partial charge in [0.05, 0.1) is 11.4 Å². The molecule has 14 heteroatoms. The fraction of sp³-hybridized carbons (Fsp3) is 0.200. The summed E-state index contributed by atoms with van der Waals surface area (Å²) in [4.78, 5) is 19.1. The van der Waals surface area contributed by atoms with Crippen molar-refractivity contribution in [1.29, 1.82) is 0 Å². The number of halogens is 6. The fourth-order valence-electron chi connectivity index (χ4n) is 2.76. The predicted octanol–water partition coefficient (Wildman–Crippen LogP) is 5.17. The fourth-order valence-corrected chi connectivity index (χ4v) is 2.76. The van der Waals surface area contributed by atoms with E-state index in [1.807, 2.05) is 0 Å². The third-order valence-electron chi connectivity index (χ3n) is 4.38. The summed E-state index contributed by atoms with van der Waals surface area (Å²) in [5.41, 5.74) is -1.49. The molecule has 0 saturated heterocycles. The Morgan fingerprint density at radius 1 is 1.06 bits per heavy atom. The third kappa shape index (κ3) is 5.63. The van der Waals surface area contributed by atoms with E-state index in [9.17, 15) is 31.1 Å². The van der Waals surface area contributed by atoms with Gasteiger partial charge in [0.25, 0.3) is 0 Å². The Kier molecular flexibility index (Phi) is 6.52. The average molecular weight is 485 g/mol. The molecule has 0 spiro atoms. The van der Waals surface area contributed by atoms with Crippen LogP contribution in [-0.4, -0.2) is 25.7 Å². The van der Waals surface area contributed by atoms with E-state index in [0.29, 0.717) is 17.8 Å². The lowest BCUT2D eigenvalue weighted by Gasteiger charge is -2.17. The van der Waals surface area contributed by atoms with Crippen molar-refractivity contribution < 1.29 is 31.1 Å². The van der Waals surface area contributed by atoms with E-state index in [0.717, 1.165) is 10.8 Å². The van der Waals surface area contributed by atoms with Crippen LogP contribution in [0, 0.1) is 6.92 Å². The van der Waals surface area contributed by atoms with Crippen LogP contribution in [0.5, 0.6) is 0 Å². The number of nitrogens with one attached hydrogen (secondary N) is 3. The molecule has 0 unspecified atom stereocenters. The quantitative estimate of drug-likeness (QED) is 0.329. The van der Waals surface area contributed by atoms with Crippen molar-refractivity contribution in [2.75, 3.05) is 16.0 Å². The van der Waals surface area contributed by atoms with E-state index < -0.39 is 41.3 Å². The Hall–Kier alpha value is -4.10. The molecule has 0 radical (unpaired) electrons. The van der Waals surface area contributed by atoms with Gasteiger partial charge >= 0.3 is 12.4 Å². The van der Waals surface area contributed by atoms with Crippen molar-refractivity contribution >= 4 is 34.9 Å². The molecule has 0 saturated carbocycles. The first-order valence-electron chi connectivity index (χ1n) is 9.41. The van der Waals surface area contributed by atoms with Gasteiger partial charge in [-0.1, -0.05) is 12.6 Å². The van der Waals surface area contributed by atoms with Crippen LogP contribution in [0.15, 0.2) is 43.1 Å². The molecule has 0 atom stereocenters. The summed E-state index contributed by atoms with van der Waals surface area (Å²) in [6, 6.07) is 5.20. The van der Waals surface area contributed by atoms with Gasteiger partial charge in [0, 0.05) is 19.3 Å². The van der Waals surface area contributed by atoms with Gasteiger partial charge in [-0.15, -0.1) is 0 Å². The van der Waals surface area contributed by atoms with Gasteiger partial charge in [-0.25, -0.2) is 4.98 Å². The number of benzene rings is 1. The van der Waals surface area contributed by atoms with E-state index in [-0.39, 0.29) is 17.2 Å². The molecule has 1 amide bonds. The Balaban J connectivity index is 2.01. The highest BCUT2D eigenvalue weighted by Crippen LogP contribution is 2.37. The zero-order valence-corrected chi connectivity index (χ0v) is 17.6. The maximum atomic E-state index is 13.6. The number of carbonyl (C=O) groups excluding carboxylic acids is 1. The smallest absolute Gasteiger partial charge is 0.338 e. The number of alkyl halides is 6. The summed E-state index contributed by atoms with van der Waals surface area (Å²) < 4.78 is 80.2. The number of anilines is 5. The van der Waals surface area contributed by atoms with Gasteiger partial charge in [-0.3, -0.25) is 9.48 Å². The Labute approximate surface area is 188 Å². The van der Waals surface area contributed by atoms with Gasteiger partial charge in [-0.05, 0) is 30.7 Å². The monoisotopic (exact) mass is 485 g/mol. The topological polar surface area (TPSA) is 96.8 Å². The highest BCUT2D eigenvalue weighted by Gasteiger charge is 2.36. The Morgan fingerprint density at radius 3 is 2.35 bits per heavy atom. The standard InChI is InChI=1S/C20H17F6N7O/c1-4-16(34)28-13-7-10(2)5-6-12(13)29-17-11(19(21,22)23)9-27-18(31-17)30-15-8-14(20(24,25)26)32-33(15)3/h4-9H,1H2,2-3H3,(H,28,34)(H2,27,29,30,31). The van der Waals surface area contributed by atoms with Crippen LogP contribution in [0.1, 0.15) is 16.8 Å². The second-order valence-electron chi connectivity index (χ2n) is 6.98. The predicted molar refractivity (Wildman–Crippen MR) is 112 cm³/mol. The summed E-state index contributed by atoms with van der Waals surface area (Å²) >= 11 is 0. The van der Waals surface area contributed by atoms with Crippen molar-refractivity contribution in [3.8, 4) is 0 Å². The first kappa shape index (κ1) is 24.5. The molecule has 3 rings (SSSR count). The lowest BCUT2D eigenvalue weighted by Crippen LogP contribution is -2.14. The molecule has 3 N–H and O–H groups in total. The van der Waals surface area contributed by atoms with Gasteiger partial charge < -0.3 is 16.0 Å². The summed E-state index contributed by atoms with van der Waals surface area (Å²) in [6.45, 7) is 5.04. The first-order chi connectivity index (χ1) is 15.8. The molecular weight excluding hydrogens is 468 g/mol. The largest absolute Gasteiger partial charge is 0.435 e. The van der Waals surface area contributed by atoms with Crippen molar-refractivity contribution in [3.63, 3.8) is 0 Å². The first-order valence-corrected chi connectivity index (χ1v) is 9.41. The van der Waals surface area contributed by atoms with Crippen molar-refractivity contribution in [2.24, 2.45) is 7.05 Å². The second kappa shape index (κ2) is 9.03. The molecule has 34 heavy (non-hydrogen) atoms. The molecule has 0 fully saturated rings. The van der Waals surface area contributed by atoms with Crippen LogP contribution in [0.3, 0.4) is 0 Å². The maximum absolute atomic E-state index is 13.6. The van der Waals surface area contributed by atoms with Crippen LogP contribution in [0.25, 0.3) is 0 Å². The summed E-state index contributed by atoms with van der Waals surface area (Å²) in [5.74, 6) is -1.91. The van der Waals surface area contributed by atoms with Crippen LogP contribution in [-0.2, 0) is 24.2 Å². The van der Waals surface area contributed by atoms with E-state index in [1.165, 1.54) is 19.2 Å². The number of hydrogen-bond acceptors (Lipinski definition) is 6. The van der Waals surface area contributed by atoms with Crippen molar-refractivity contribution in [2.45, 2.75) is 19.3 Å². The van der Waals surface area contributed by atoms with Crippen LogP contribution >= 0.6 is 0 Å². The molecule has 0 aliphatic carbocycles. The highest BCUT2D eigenvalue weighted by atomic mass is 19.4. The highest BCUT2D eigenvalue weighted by molar-refractivity contribution is 6.01. The molecule has 8 nitrogen and oxygen atoms in total. The number of aryl methyl sites for hydroxylation is 2. The van der Waals surface area contributed by atoms with E-state index >= 15 is 0 Å². The number of hydrogen-bond donors (Lipinski definition) is 3. The average Bonchev–Trinajstić information content (AvgIpc) is 3.10. The molecule has 1 aromatic carbocycles.